The van der Waals surface area contributed by atoms with Gasteiger partial charge in [0.15, 0.2) is 0 Å². The first-order valence-electron chi connectivity index (χ1n) is 6.97. The molecule has 1 saturated carbocycles. The summed E-state index contributed by atoms with van der Waals surface area (Å²) < 4.78 is 0. The third-order valence-electron chi connectivity index (χ3n) is 3.20. The number of rotatable bonds is 7. The Kier molecular flexibility index (Phi) is 4.56. The van der Waals surface area contributed by atoms with Gasteiger partial charge in [0.1, 0.15) is 5.82 Å². The second-order valence-electron chi connectivity index (χ2n) is 4.96. The van der Waals surface area contributed by atoms with Gasteiger partial charge in [-0.05, 0) is 26.2 Å². The van der Waals surface area contributed by atoms with E-state index < -0.39 is 0 Å². The van der Waals surface area contributed by atoms with Crippen LogP contribution in [0.5, 0.6) is 0 Å². The Bertz CT molecular complexity index is 461. The minimum absolute atomic E-state index is 0.539. The van der Waals surface area contributed by atoms with Crippen LogP contribution in [0.15, 0.2) is 6.20 Å². The van der Waals surface area contributed by atoms with Gasteiger partial charge in [0.2, 0.25) is 5.95 Å². The molecule has 1 aliphatic rings. The molecule has 0 aliphatic heterocycles. The van der Waals surface area contributed by atoms with Gasteiger partial charge < -0.3 is 10.2 Å². The molecule has 102 valence electrons. The minimum atomic E-state index is 0.539. The van der Waals surface area contributed by atoms with E-state index in [0.29, 0.717) is 18.4 Å². The Morgan fingerprint density at radius 3 is 2.95 bits per heavy atom. The van der Waals surface area contributed by atoms with Gasteiger partial charge in [-0.3, -0.25) is 0 Å². The standard InChI is InChI=1S/C14H21N5/c1-3-8-16-14-17-10-11(2)13(18-14)19(9-4-7-15)12-5-6-12/h10,12H,3-6,8-9H2,1-2H3,(H,16,17,18). The van der Waals surface area contributed by atoms with Crippen molar-refractivity contribution in [3.8, 4) is 6.07 Å². The summed E-state index contributed by atoms with van der Waals surface area (Å²) in [4.78, 5) is 11.2. The highest BCUT2D eigenvalue weighted by atomic mass is 15.3. The van der Waals surface area contributed by atoms with Gasteiger partial charge in [-0.2, -0.15) is 10.2 Å². The number of nitrogens with one attached hydrogen (secondary N) is 1. The van der Waals surface area contributed by atoms with Gasteiger partial charge in [-0.15, -0.1) is 0 Å². The fourth-order valence-corrected chi connectivity index (χ4v) is 2.06. The van der Waals surface area contributed by atoms with Crippen molar-refractivity contribution in [1.82, 2.24) is 9.97 Å². The van der Waals surface area contributed by atoms with Gasteiger partial charge in [0.05, 0.1) is 12.5 Å². The van der Waals surface area contributed by atoms with Crippen molar-refractivity contribution in [3.63, 3.8) is 0 Å². The molecular formula is C14H21N5. The molecule has 1 aromatic rings. The normalized spacial score (nSPS) is 13.9. The molecule has 0 spiro atoms. The second kappa shape index (κ2) is 6.37. The Morgan fingerprint density at radius 2 is 2.32 bits per heavy atom. The number of hydrogen-bond donors (Lipinski definition) is 1. The Labute approximate surface area is 114 Å². The molecule has 2 rings (SSSR count). The van der Waals surface area contributed by atoms with Gasteiger partial charge >= 0.3 is 0 Å². The molecule has 0 unspecified atom stereocenters. The van der Waals surface area contributed by atoms with E-state index in [1.807, 2.05) is 13.1 Å². The highest BCUT2D eigenvalue weighted by molar-refractivity contribution is 5.50. The molecular weight excluding hydrogens is 238 g/mol. The van der Waals surface area contributed by atoms with Crippen LogP contribution in [0, 0.1) is 18.3 Å². The predicted octanol–water partition coefficient (Wildman–Crippen LogP) is 2.49. The first kappa shape index (κ1) is 13.6. The number of nitriles is 1. The second-order valence-corrected chi connectivity index (χ2v) is 4.96. The van der Waals surface area contributed by atoms with Gasteiger partial charge in [-0.25, -0.2) is 4.98 Å². The molecule has 5 nitrogen and oxygen atoms in total. The molecule has 0 aromatic carbocycles. The number of aryl methyl sites for hydroxylation is 1. The largest absolute Gasteiger partial charge is 0.354 e. The van der Waals surface area contributed by atoms with Gasteiger partial charge in [0.25, 0.3) is 0 Å². The van der Waals surface area contributed by atoms with Crippen LogP contribution in [0.2, 0.25) is 0 Å². The average Bonchev–Trinajstić information content (AvgIpc) is 3.24. The molecule has 1 aliphatic carbocycles. The summed E-state index contributed by atoms with van der Waals surface area (Å²) in [5, 5.41) is 12.0. The molecule has 1 heterocycles. The zero-order chi connectivity index (χ0) is 13.7. The van der Waals surface area contributed by atoms with E-state index in [1.165, 1.54) is 12.8 Å². The topological polar surface area (TPSA) is 64.8 Å². The van der Waals surface area contributed by atoms with Crippen LogP contribution in [-0.4, -0.2) is 29.1 Å². The Hall–Kier alpha value is -1.83. The third-order valence-corrected chi connectivity index (χ3v) is 3.20. The van der Waals surface area contributed by atoms with E-state index in [0.717, 1.165) is 30.9 Å². The molecule has 19 heavy (non-hydrogen) atoms. The smallest absolute Gasteiger partial charge is 0.224 e. The summed E-state index contributed by atoms with van der Waals surface area (Å²) in [5.74, 6) is 1.66. The van der Waals surface area contributed by atoms with Crippen molar-refractivity contribution in [2.45, 2.75) is 45.6 Å². The lowest BCUT2D eigenvalue weighted by Crippen LogP contribution is -2.28. The molecule has 0 amide bonds. The quantitative estimate of drug-likeness (QED) is 0.815. The zero-order valence-electron chi connectivity index (χ0n) is 11.7. The molecule has 1 N–H and O–H groups in total. The molecule has 0 atom stereocenters. The lowest BCUT2D eigenvalue weighted by Gasteiger charge is -2.24. The number of aromatic nitrogens is 2. The maximum Gasteiger partial charge on any atom is 0.224 e. The van der Waals surface area contributed by atoms with Crippen LogP contribution < -0.4 is 10.2 Å². The van der Waals surface area contributed by atoms with Crippen molar-refractivity contribution in [2.24, 2.45) is 0 Å². The lowest BCUT2D eigenvalue weighted by atomic mass is 10.3. The predicted molar refractivity (Wildman–Crippen MR) is 76.1 cm³/mol. The minimum Gasteiger partial charge on any atom is -0.354 e. The summed E-state index contributed by atoms with van der Waals surface area (Å²) in [7, 11) is 0. The zero-order valence-corrected chi connectivity index (χ0v) is 11.7. The average molecular weight is 259 g/mol. The SMILES string of the molecule is CCCNc1ncc(C)c(N(CCC#N)C2CC2)n1. The van der Waals surface area contributed by atoms with Crippen molar-refractivity contribution >= 4 is 11.8 Å². The highest BCUT2D eigenvalue weighted by Crippen LogP contribution is 2.32. The molecule has 0 radical (unpaired) electrons. The summed E-state index contributed by atoms with van der Waals surface area (Å²) in [5.41, 5.74) is 1.08. The lowest BCUT2D eigenvalue weighted by molar-refractivity contribution is 0.770. The first-order valence-corrected chi connectivity index (χ1v) is 6.97. The fourth-order valence-electron chi connectivity index (χ4n) is 2.06. The van der Waals surface area contributed by atoms with Crippen LogP contribution in [0.1, 0.15) is 38.2 Å². The van der Waals surface area contributed by atoms with Crippen molar-refractivity contribution < 1.29 is 0 Å². The summed E-state index contributed by atoms with van der Waals surface area (Å²) in [6, 6.07) is 2.77. The number of nitrogens with zero attached hydrogens (tertiary/aromatic N) is 4. The van der Waals surface area contributed by atoms with E-state index >= 15 is 0 Å². The monoisotopic (exact) mass is 259 g/mol. The molecule has 1 aromatic heterocycles. The summed E-state index contributed by atoms with van der Waals surface area (Å²) in [6.07, 6.45) is 5.85. The molecule has 0 bridgehead atoms. The van der Waals surface area contributed by atoms with Gasteiger partial charge in [-0.1, -0.05) is 6.92 Å². The first-order chi connectivity index (χ1) is 9.26. The van der Waals surface area contributed by atoms with E-state index in [2.05, 4.69) is 33.2 Å². The Morgan fingerprint density at radius 1 is 1.53 bits per heavy atom. The number of anilines is 2. The molecule has 5 heteroatoms. The van der Waals surface area contributed by atoms with E-state index in [9.17, 15) is 0 Å². The molecule has 1 fully saturated rings. The van der Waals surface area contributed by atoms with Crippen LogP contribution in [0.25, 0.3) is 0 Å². The number of hydrogen-bond acceptors (Lipinski definition) is 5. The maximum absolute atomic E-state index is 8.78. The van der Waals surface area contributed by atoms with Crippen LogP contribution in [0.3, 0.4) is 0 Å². The van der Waals surface area contributed by atoms with Gasteiger partial charge in [0, 0.05) is 30.9 Å². The summed E-state index contributed by atoms with van der Waals surface area (Å²) in [6.45, 7) is 5.78. The molecule has 0 saturated heterocycles. The highest BCUT2D eigenvalue weighted by Gasteiger charge is 2.30. The maximum atomic E-state index is 8.78. The fraction of sp³-hybridized carbons (Fsp3) is 0.643. The van der Waals surface area contributed by atoms with Crippen LogP contribution in [0.4, 0.5) is 11.8 Å². The van der Waals surface area contributed by atoms with Crippen LogP contribution >= 0.6 is 0 Å². The van der Waals surface area contributed by atoms with Crippen molar-refractivity contribution in [1.29, 1.82) is 5.26 Å². The van der Waals surface area contributed by atoms with Crippen molar-refractivity contribution in [3.05, 3.63) is 11.8 Å². The third kappa shape index (κ3) is 3.57. The van der Waals surface area contributed by atoms with Crippen molar-refractivity contribution in [2.75, 3.05) is 23.3 Å². The van der Waals surface area contributed by atoms with E-state index in [-0.39, 0.29) is 0 Å². The van der Waals surface area contributed by atoms with Crippen LogP contribution in [-0.2, 0) is 0 Å². The Balaban J connectivity index is 2.17. The summed E-state index contributed by atoms with van der Waals surface area (Å²) >= 11 is 0. The van der Waals surface area contributed by atoms with E-state index in [4.69, 9.17) is 5.26 Å². The van der Waals surface area contributed by atoms with E-state index in [1.54, 1.807) is 0 Å².